The van der Waals surface area contributed by atoms with Gasteiger partial charge < -0.3 is 24.7 Å². The number of furan rings is 1. The van der Waals surface area contributed by atoms with E-state index in [0.29, 0.717) is 11.0 Å². The predicted molar refractivity (Wildman–Crippen MR) is 134 cm³/mol. The third-order valence-electron chi connectivity index (χ3n) is 6.43. The van der Waals surface area contributed by atoms with Gasteiger partial charge in [-0.1, -0.05) is 23.7 Å². The number of halogens is 3. The smallest absolute Gasteiger partial charge is 0.205 e. The first-order valence-electron chi connectivity index (χ1n) is 11.3. The topological polar surface area (TPSA) is 67.8 Å². The maximum absolute atomic E-state index is 14.4. The van der Waals surface area contributed by atoms with Gasteiger partial charge in [-0.15, -0.1) is 0 Å². The number of nitrogens with two attached hydrogens (primary N) is 1. The average molecular weight is 499 g/mol. The lowest BCUT2D eigenvalue weighted by molar-refractivity contribution is 0.221. The van der Waals surface area contributed by atoms with Crippen molar-refractivity contribution in [1.82, 2.24) is 9.88 Å². The van der Waals surface area contributed by atoms with Gasteiger partial charge in [0.15, 0.2) is 11.4 Å². The number of aromatic nitrogens is 1. The van der Waals surface area contributed by atoms with Crippen LogP contribution < -0.4 is 15.4 Å². The molecular weight excluding hydrogens is 474 g/mol. The van der Waals surface area contributed by atoms with Crippen molar-refractivity contribution in [2.24, 2.45) is 0 Å². The zero-order chi connectivity index (χ0) is 24.7. The van der Waals surface area contributed by atoms with Crippen LogP contribution in [-0.2, 0) is 0 Å². The van der Waals surface area contributed by atoms with E-state index in [0.717, 1.165) is 49.4 Å². The molecule has 1 fully saturated rings. The van der Waals surface area contributed by atoms with E-state index in [1.807, 2.05) is 12.1 Å². The Kier molecular flexibility index (Phi) is 6.25. The highest BCUT2D eigenvalue weighted by Crippen LogP contribution is 2.41. The molecule has 1 saturated heterocycles. The fourth-order valence-electron chi connectivity index (χ4n) is 4.39. The number of hydrogen-bond acceptors (Lipinski definition) is 6. The van der Waals surface area contributed by atoms with Gasteiger partial charge in [-0.3, -0.25) is 0 Å². The number of rotatable bonds is 5. The average Bonchev–Trinajstić information content (AvgIpc) is 3.28. The van der Waals surface area contributed by atoms with Crippen LogP contribution >= 0.6 is 11.6 Å². The summed E-state index contributed by atoms with van der Waals surface area (Å²) in [5.74, 6) is -1.19. The van der Waals surface area contributed by atoms with Crippen LogP contribution in [-0.4, -0.2) is 43.1 Å². The van der Waals surface area contributed by atoms with E-state index in [4.69, 9.17) is 26.5 Å². The second kappa shape index (κ2) is 9.36. The van der Waals surface area contributed by atoms with Gasteiger partial charge in [0, 0.05) is 49.2 Å². The molecular formula is C26H25ClF2N4O2. The Balaban J connectivity index is 1.45. The molecule has 1 atom stereocenters. The second-order valence-electron chi connectivity index (χ2n) is 8.72. The van der Waals surface area contributed by atoms with E-state index in [2.05, 4.69) is 34.0 Å². The third kappa shape index (κ3) is 4.39. The summed E-state index contributed by atoms with van der Waals surface area (Å²) >= 11 is 6.01. The molecule has 6 nitrogen and oxygen atoms in total. The monoisotopic (exact) mass is 498 g/mol. The summed E-state index contributed by atoms with van der Waals surface area (Å²) in [6, 6.07) is 10.3. The number of fused-ring (bicyclic) bond motifs is 1. The number of ether oxygens (including phenoxy) is 1. The van der Waals surface area contributed by atoms with E-state index in [1.165, 1.54) is 5.69 Å². The number of nitrogens with zero attached hydrogens (tertiary/aromatic N) is 3. The summed E-state index contributed by atoms with van der Waals surface area (Å²) < 4.78 is 40.1. The van der Waals surface area contributed by atoms with Gasteiger partial charge in [0.25, 0.3) is 0 Å². The van der Waals surface area contributed by atoms with Crippen molar-refractivity contribution in [3.63, 3.8) is 0 Å². The normalized spacial score (nSPS) is 15.5. The third-order valence-corrected chi connectivity index (χ3v) is 6.81. The first-order valence-corrected chi connectivity index (χ1v) is 11.7. The van der Waals surface area contributed by atoms with Crippen LogP contribution in [0.2, 0.25) is 5.02 Å². The summed E-state index contributed by atoms with van der Waals surface area (Å²) in [7, 11) is 2.13. The summed E-state index contributed by atoms with van der Waals surface area (Å²) in [5.41, 5.74) is 9.29. The Hall–Kier alpha value is -3.36. The highest BCUT2D eigenvalue weighted by Gasteiger charge is 2.24. The van der Waals surface area contributed by atoms with Crippen LogP contribution in [0.1, 0.15) is 18.6 Å². The predicted octanol–water partition coefficient (Wildman–Crippen LogP) is 5.90. The molecule has 2 aromatic carbocycles. The SMILES string of the molecule is CC(Oc1c(N)ncc2c(-c3ccc(N4CCN(C)CC4)cc3)coc12)c1c(F)ccc(F)c1Cl. The van der Waals surface area contributed by atoms with Gasteiger partial charge in [0.1, 0.15) is 17.7 Å². The van der Waals surface area contributed by atoms with Crippen molar-refractivity contribution >= 4 is 34.1 Å². The molecule has 35 heavy (non-hydrogen) atoms. The van der Waals surface area contributed by atoms with Gasteiger partial charge in [-0.05, 0) is 43.8 Å². The number of benzene rings is 2. The van der Waals surface area contributed by atoms with Crippen molar-refractivity contribution in [1.29, 1.82) is 0 Å². The second-order valence-corrected chi connectivity index (χ2v) is 9.10. The molecule has 9 heteroatoms. The number of likely N-dealkylation sites (N-methyl/N-ethyl adjacent to an activating group) is 1. The summed E-state index contributed by atoms with van der Waals surface area (Å²) in [4.78, 5) is 8.93. The van der Waals surface area contributed by atoms with E-state index < -0.39 is 17.7 Å². The van der Waals surface area contributed by atoms with Crippen molar-refractivity contribution < 1.29 is 17.9 Å². The molecule has 182 valence electrons. The highest BCUT2D eigenvalue weighted by molar-refractivity contribution is 6.31. The maximum Gasteiger partial charge on any atom is 0.205 e. The molecule has 2 N–H and O–H groups in total. The molecule has 0 bridgehead atoms. The lowest BCUT2D eigenvalue weighted by atomic mass is 10.0. The number of nitrogen functional groups attached to an aromatic ring is 1. The van der Waals surface area contributed by atoms with Gasteiger partial charge in [0.2, 0.25) is 5.75 Å². The molecule has 1 unspecified atom stereocenters. The molecule has 1 aliphatic heterocycles. The summed E-state index contributed by atoms with van der Waals surface area (Å²) in [6.07, 6.45) is 2.29. The fourth-order valence-corrected chi connectivity index (χ4v) is 4.69. The van der Waals surface area contributed by atoms with Crippen LogP contribution in [0, 0.1) is 11.6 Å². The van der Waals surface area contributed by atoms with Crippen LogP contribution in [0.25, 0.3) is 22.1 Å². The van der Waals surface area contributed by atoms with Crippen LogP contribution in [0.3, 0.4) is 0 Å². The molecule has 0 aliphatic carbocycles. The largest absolute Gasteiger partial charge is 0.478 e. The first kappa shape index (κ1) is 23.4. The standard InChI is InChI=1S/C26H25ClF2N4O2/c1-15(22-20(28)7-8-21(29)23(22)27)35-25-24-18(13-31-26(25)30)19(14-34-24)16-3-5-17(6-4-16)33-11-9-32(2)10-12-33/h3-8,13-15H,9-12H2,1-2H3,(H2,30,31). The van der Waals surface area contributed by atoms with Crippen LogP contribution in [0.15, 0.2) is 53.3 Å². The van der Waals surface area contributed by atoms with Crippen molar-refractivity contribution in [2.75, 3.05) is 43.9 Å². The minimum atomic E-state index is -0.940. The van der Waals surface area contributed by atoms with Gasteiger partial charge in [0.05, 0.1) is 16.7 Å². The zero-order valence-electron chi connectivity index (χ0n) is 19.4. The molecule has 4 aromatic rings. The Bertz CT molecular complexity index is 1370. The Morgan fingerprint density at radius 1 is 1.06 bits per heavy atom. The van der Waals surface area contributed by atoms with E-state index in [-0.39, 0.29) is 22.2 Å². The van der Waals surface area contributed by atoms with Gasteiger partial charge in [-0.25, -0.2) is 13.8 Å². The zero-order valence-corrected chi connectivity index (χ0v) is 20.1. The number of piperazine rings is 1. The van der Waals surface area contributed by atoms with Gasteiger partial charge >= 0.3 is 0 Å². The lowest BCUT2D eigenvalue weighted by Gasteiger charge is -2.34. The number of hydrogen-bond donors (Lipinski definition) is 1. The quantitative estimate of drug-likeness (QED) is 0.345. The molecule has 0 amide bonds. The van der Waals surface area contributed by atoms with E-state index >= 15 is 0 Å². The lowest BCUT2D eigenvalue weighted by Crippen LogP contribution is -2.44. The summed E-state index contributed by atoms with van der Waals surface area (Å²) in [6.45, 7) is 5.61. The van der Waals surface area contributed by atoms with Crippen LogP contribution in [0.5, 0.6) is 5.75 Å². The molecule has 3 heterocycles. The van der Waals surface area contributed by atoms with Gasteiger partial charge in [-0.2, -0.15) is 0 Å². The van der Waals surface area contributed by atoms with E-state index in [1.54, 1.807) is 19.4 Å². The number of anilines is 2. The number of pyridine rings is 1. The molecule has 0 saturated carbocycles. The molecule has 2 aromatic heterocycles. The van der Waals surface area contributed by atoms with Crippen molar-refractivity contribution in [2.45, 2.75) is 13.0 Å². The Morgan fingerprint density at radius 3 is 2.46 bits per heavy atom. The minimum Gasteiger partial charge on any atom is -0.478 e. The molecule has 0 radical (unpaired) electrons. The van der Waals surface area contributed by atoms with Crippen molar-refractivity contribution in [3.05, 3.63) is 71.1 Å². The fraction of sp³-hybridized carbons (Fsp3) is 0.269. The first-order chi connectivity index (χ1) is 16.8. The Morgan fingerprint density at radius 2 is 1.74 bits per heavy atom. The molecule has 1 aliphatic rings. The van der Waals surface area contributed by atoms with E-state index in [9.17, 15) is 8.78 Å². The Labute approximate surface area is 206 Å². The van der Waals surface area contributed by atoms with Crippen molar-refractivity contribution in [3.8, 4) is 16.9 Å². The molecule has 5 rings (SSSR count). The highest BCUT2D eigenvalue weighted by atomic mass is 35.5. The molecule has 0 spiro atoms. The van der Waals surface area contributed by atoms with Crippen LogP contribution in [0.4, 0.5) is 20.3 Å². The minimum absolute atomic E-state index is 0.0728. The summed E-state index contributed by atoms with van der Waals surface area (Å²) in [5, 5.41) is 0.358. The maximum atomic E-state index is 14.4.